The van der Waals surface area contributed by atoms with Crippen molar-refractivity contribution in [2.24, 2.45) is 5.73 Å². The fourth-order valence-corrected chi connectivity index (χ4v) is 5.88. The number of methoxy groups -OCH3 is 1. The minimum absolute atomic E-state index is 0.00490. The van der Waals surface area contributed by atoms with Gasteiger partial charge in [-0.2, -0.15) is 0 Å². The molecule has 1 heterocycles. The monoisotopic (exact) mass is 547 g/mol. The van der Waals surface area contributed by atoms with Crippen LogP contribution in [0.3, 0.4) is 0 Å². The molecule has 0 bridgehead atoms. The van der Waals surface area contributed by atoms with Crippen molar-refractivity contribution in [1.82, 2.24) is 0 Å². The Balaban J connectivity index is 1.76. The summed E-state index contributed by atoms with van der Waals surface area (Å²) in [7, 11) is 1.38. The highest BCUT2D eigenvalue weighted by Gasteiger charge is 2.48. The average molecular weight is 548 g/mol. The molecule has 10 N–H and O–H groups in total. The number of phenols is 4. The van der Waals surface area contributed by atoms with Crippen molar-refractivity contribution in [2.45, 2.75) is 68.5 Å². The number of hydrogen-bond acceptors (Lipinski definition) is 12. The van der Waals surface area contributed by atoms with Gasteiger partial charge in [0.05, 0.1) is 53.8 Å². The maximum absolute atomic E-state index is 11.6. The molecule has 12 heteroatoms. The zero-order chi connectivity index (χ0) is 28.4. The number of aliphatic hydroxyl groups excluding tert-OH is 3. The van der Waals surface area contributed by atoms with Crippen LogP contribution in [0.15, 0.2) is 18.2 Å². The summed E-state index contributed by atoms with van der Waals surface area (Å²) >= 11 is 0. The first kappa shape index (κ1) is 27.5. The van der Waals surface area contributed by atoms with Gasteiger partial charge in [-0.05, 0) is 13.0 Å². The summed E-state index contributed by atoms with van der Waals surface area (Å²) in [6.45, 7) is 0.806. The van der Waals surface area contributed by atoms with Gasteiger partial charge in [0, 0.05) is 41.8 Å². The van der Waals surface area contributed by atoms with E-state index in [1.165, 1.54) is 13.2 Å². The Hall–Kier alpha value is -3.10. The standard InChI is InChI=1S/C27H33NO11/c1-10-22(31)13(28)6-17(38-10)39-15-8-27(36,16(30)9-29)7-12-19(15)26(35)21-20(24(12)33)23(32)11-4-3-5-14(37-2)18(11)25(21)34/h3-5,10,13,15-17,22,29-36H,6-9,28H2,1-2H3/t10-,13-,15-,16?,17-,22-,27-/m0/s1. The molecule has 1 unspecified atom stereocenters. The largest absolute Gasteiger partial charge is 0.507 e. The smallest absolute Gasteiger partial charge is 0.160 e. The first-order valence-corrected chi connectivity index (χ1v) is 12.6. The molecule has 3 aromatic rings. The third-order valence-electron chi connectivity index (χ3n) is 8.01. The van der Waals surface area contributed by atoms with E-state index in [1.807, 2.05) is 0 Å². The van der Waals surface area contributed by atoms with Crippen LogP contribution in [-0.4, -0.2) is 90.8 Å². The van der Waals surface area contributed by atoms with Crippen molar-refractivity contribution in [3.8, 4) is 28.7 Å². The second-order valence-electron chi connectivity index (χ2n) is 10.4. The van der Waals surface area contributed by atoms with Crippen LogP contribution in [0.4, 0.5) is 0 Å². The van der Waals surface area contributed by atoms with E-state index in [9.17, 15) is 40.9 Å². The molecule has 0 amide bonds. The second kappa shape index (κ2) is 9.82. The molecular formula is C27H33NO11. The minimum atomic E-state index is -2.01. The predicted molar refractivity (Wildman–Crippen MR) is 138 cm³/mol. The highest BCUT2D eigenvalue weighted by molar-refractivity contribution is 6.17. The molecular weight excluding hydrogens is 514 g/mol. The normalized spacial score (nSPS) is 29.9. The van der Waals surface area contributed by atoms with Gasteiger partial charge in [-0.1, -0.05) is 12.1 Å². The SMILES string of the molecule is COc1cccc2c(O)c3c(O)c4c(c(O)c3c(O)c12)[C@@H](O[C@H]1C[C@H](N)[C@@H](O)[C@H](C)O1)C[C@](O)(C(O)CO)C4. The van der Waals surface area contributed by atoms with E-state index in [0.29, 0.717) is 0 Å². The van der Waals surface area contributed by atoms with Gasteiger partial charge in [0.2, 0.25) is 0 Å². The van der Waals surface area contributed by atoms with Crippen LogP contribution in [0.5, 0.6) is 28.7 Å². The quantitative estimate of drug-likeness (QED) is 0.160. The lowest BCUT2D eigenvalue weighted by Crippen LogP contribution is -2.53. The number of nitrogens with two attached hydrogens (primary N) is 1. The number of phenolic OH excluding ortho intramolecular Hbond substituents is 4. The zero-order valence-electron chi connectivity index (χ0n) is 21.4. The molecule has 0 spiro atoms. The van der Waals surface area contributed by atoms with Crippen LogP contribution < -0.4 is 10.5 Å². The van der Waals surface area contributed by atoms with Crippen LogP contribution in [0, 0.1) is 0 Å². The topological polar surface area (TPSA) is 216 Å². The third-order valence-corrected chi connectivity index (χ3v) is 8.01. The van der Waals surface area contributed by atoms with Crippen molar-refractivity contribution in [2.75, 3.05) is 13.7 Å². The van der Waals surface area contributed by atoms with Crippen molar-refractivity contribution < 1.29 is 55.1 Å². The Kier molecular flexibility index (Phi) is 6.92. The summed E-state index contributed by atoms with van der Waals surface area (Å²) in [5.74, 6) is -1.79. The van der Waals surface area contributed by atoms with Gasteiger partial charge in [-0.15, -0.1) is 0 Å². The van der Waals surface area contributed by atoms with E-state index >= 15 is 0 Å². The van der Waals surface area contributed by atoms with E-state index in [-0.39, 0.29) is 51.3 Å². The van der Waals surface area contributed by atoms with Crippen molar-refractivity contribution in [3.05, 3.63) is 29.3 Å². The second-order valence-corrected chi connectivity index (χ2v) is 10.4. The molecule has 0 radical (unpaired) electrons. The van der Waals surface area contributed by atoms with Crippen molar-refractivity contribution in [1.29, 1.82) is 0 Å². The van der Waals surface area contributed by atoms with Gasteiger partial charge in [0.1, 0.15) is 34.9 Å². The molecule has 0 saturated carbocycles. The summed E-state index contributed by atoms with van der Waals surface area (Å²) in [5, 5.41) is 86.8. The van der Waals surface area contributed by atoms with E-state index in [4.69, 9.17) is 19.9 Å². The van der Waals surface area contributed by atoms with Gasteiger partial charge in [-0.3, -0.25) is 0 Å². The summed E-state index contributed by atoms with van der Waals surface area (Å²) < 4.78 is 17.2. The molecule has 12 nitrogen and oxygen atoms in total. The lowest BCUT2D eigenvalue weighted by molar-refractivity contribution is -0.251. The summed E-state index contributed by atoms with van der Waals surface area (Å²) in [5.41, 5.74) is 3.96. The maximum Gasteiger partial charge on any atom is 0.160 e. The molecule has 212 valence electrons. The molecule has 1 aliphatic heterocycles. The van der Waals surface area contributed by atoms with E-state index in [2.05, 4.69) is 0 Å². The number of aromatic hydroxyl groups is 4. The molecule has 7 atom stereocenters. The van der Waals surface area contributed by atoms with Crippen molar-refractivity contribution in [3.63, 3.8) is 0 Å². The molecule has 0 aromatic heterocycles. The van der Waals surface area contributed by atoms with Crippen LogP contribution >= 0.6 is 0 Å². The lowest BCUT2D eigenvalue weighted by Gasteiger charge is -2.43. The third kappa shape index (κ3) is 4.19. The number of fused-ring (bicyclic) bond motifs is 3. The van der Waals surface area contributed by atoms with E-state index in [0.717, 1.165) is 0 Å². The molecule has 1 fully saturated rings. The Morgan fingerprint density at radius 2 is 1.77 bits per heavy atom. The fraction of sp³-hybridized carbons (Fsp3) is 0.481. The van der Waals surface area contributed by atoms with Crippen LogP contribution in [0.2, 0.25) is 0 Å². The Labute approximate surface area is 223 Å². The van der Waals surface area contributed by atoms with Gasteiger partial charge in [0.15, 0.2) is 6.29 Å². The van der Waals surface area contributed by atoms with Crippen LogP contribution in [0.1, 0.15) is 37.0 Å². The molecule has 2 aliphatic rings. The van der Waals surface area contributed by atoms with Crippen LogP contribution in [0.25, 0.3) is 21.5 Å². The number of benzene rings is 3. The number of aliphatic hydroxyl groups is 4. The van der Waals surface area contributed by atoms with E-state index in [1.54, 1.807) is 19.1 Å². The molecule has 1 saturated heterocycles. The average Bonchev–Trinajstić information content (AvgIpc) is 2.90. The maximum atomic E-state index is 11.6. The highest BCUT2D eigenvalue weighted by atomic mass is 16.7. The zero-order valence-corrected chi connectivity index (χ0v) is 21.4. The van der Waals surface area contributed by atoms with Crippen molar-refractivity contribution >= 4 is 21.5 Å². The fourth-order valence-electron chi connectivity index (χ4n) is 5.88. The van der Waals surface area contributed by atoms with E-state index < -0.39 is 78.4 Å². The predicted octanol–water partition coefficient (Wildman–Crippen LogP) is 0.735. The number of ether oxygens (including phenoxy) is 3. The molecule has 1 aliphatic carbocycles. The van der Waals surface area contributed by atoms with Gasteiger partial charge in [0.25, 0.3) is 0 Å². The Bertz CT molecular complexity index is 1420. The molecule has 3 aromatic carbocycles. The first-order valence-electron chi connectivity index (χ1n) is 12.6. The Morgan fingerprint density at radius 3 is 2.41 bits per heavy atom. The summed E-state index contributed by atoms with van der Waals surface area (Å²) in [6.07, 6.45) is -6.21. The van der Waals surface area contributed by atoms with Crippen LogP contribution in [-0.2, 0) is 15.9 Å². The van der Waals surface area contributed by atoms with Gasteiger partial charge < -0.3 is 60.8 Å². The highest BCUT2D eigenvalue weighted by Crippen LogP contribution is 2.57. The van der Waals surface area contributed by atoms with Gasteiger partial charge in [-0.25, -0.2) is 0 Å². The molecule has 39 heavy (non-hydrogen) atoms. The van der Waals surface area contributed by atoms with Gasteiger partial charge >= 0.3 is 0 Å². The number of hydrogen-bond donors (Lipinski definition) is 9. The number of rotatable bonds is 5. The minimum Gasteiger partial charge on any atom is -0.507 e. The first-order chi connectivity index (χ1) is 18.4. The lowest BCUT2D eigenvalue weighted by atomic mass is 9.74. The summed E-state index contributed by atoms with van der Waals surface area (Å²) in [6, 6.07) is 3.94. The summed E-state index contributed by atoms with van der Waals surface area (Å²) in [4.78, 5) is 0. The Morgan fingerprint density at radius 1 is 1.08 bits per heavy atom. The molecule has 5 rings (SSSR count).